The fourth-order valence-electron chi connectivity index (χ4n) is 3.36. The second kappa shape index (κ2) is 4.91. The largest absolute Gasteiger partial charge is 0.361 e. The highest BCUT2D eigenvalue weighted by atomic mass is 16.5. The number of aryl methyl sites for hydroxylation is 2. The Hall–Kier alpha value is -0.870. The summed E-state index contributed by atoms with van der Waals surface area (Å²) in [5.41, 5.74) is 2.62. The second-order valence-corrected chi connectivity index (χ2v) is 6.49. The Balaban J connectivity index is 1.73. The maximum Gasteiger partial charge on any atom is 0.138 e. The van der Waals surface area contributed by atoms with E-state index in [0.29, 0.717) is 5.54 Å². The molecule has 4 nitrogen and oxygen atoms in total. The third-order valence-corrected chi connectivity index (χ3v) is 4.77. The third kappa shape index (κ3) is 2.70. The van der Waals surface area contributed by atoms with Crippen LogP contribution in [0.5, 0.6) is 0 Å². The van der Waals surface area contributed by atoms with Gasteiger partial charge in [-0.2, -0.15) is 0 Å². The molecule has 1 aliphatic heterocycles. The molecule has 0 radical (unpaired) electrons. The van der Waals surface area contributed by atoms with E-state index < -0.39 is 0 Å². The van der Waals surface area contributed by atoms with Gasteiger partial charge in [-0.15, -0.1) is 0 Å². The Kier molecular flexibility index (Phi) is 3.39. The smallest absolute Gasteiger partial charge is 0.138 e. The van der Waals surface area contributed by atoms with Gasteiger partial charge in [0.2, 0.25) is 0 Å². The van der Waals surface area contributed by atoms with Crippen LogP contribution in [0.3, 0.4) is 0 Å². The Morgan fingerprint density at radius 2 is 2.21 bits per heavy atom. The van der Waals surface area contributed by atoms with Crippen molar-refractivity contribution < 1.29 is 4.52 Å². The molecule has 106 valence electrons. The highest BCUT2D eigenvalue weighted by Crippen LogP contribution is 2.40. The lowest BCUT2D eigenvalue weighted by Crippen LogP contribution is -2.50. The molecule has 1 N–H and O–H groups in total. The van der Waals surface area contributed by atoms with Crippen LogP contribution >= 0.6 is 0 Å². The van der Waals surface area contributed by atoms with E-state index in [0.717, 1.165) is 37.0 Å². The van der Waals surface area contributed by atoms with Gasteiger partial charge >= 0.3 is 0 Å². The quantitative estimate of drug-likeness (QED) is 0.908. The molecule has 0 bridgehead atoms. The van der Waals surface area contributed by atoms with Gasteiger partial charge in [0.15, 0.2) is 0 Å². The average Bonchev–Trinajstić information content (AvgIpc) is 3.17. The summed E-state index contributed by atoms with van der Waals surface area (Å²) in [6, 6.07) is 0. The van der Waals surface area contributed by atoms with Crippen LogP contribution in [0.15, 0.2) is 4.52 Å². The van der Waals surface area contributed by atoms with Gasteiger partial charge in [-0.1, -0.05) is 5.16 Å². The number of hydrogen-bond donors (Lipinski definition) is 1. The van der Waals surface area contributed by atoms with Gasteiger partial charge in [0.1, 0.15) is 5.76 Å². The minimum absolute atomic E-state index is 0.301. The van der Waals surface area contributed by atoms with Gasteiger partial charge < -0.3 is 9.84 Å². The predicted molar refractivity (Wildman–Crippen MR) is 75.0 cm³/mol. The number of nitrogens with zero attached hydrogens (tertiary/aromatic N) is 2. The molecule has 1 atom stereocenters. The van der Waals surface area contributed by atoms with Crippen molar-refractivity contribution in [2.24, 2.45) is 5.92 Å². The van der Waals surface area contributed by atoms with Crippen molar-refractivity contribution >= 4 is 0 Å². The zero-order valence-electron chi connectivity index (χ0n) is 12.3. The van der Waals surface area contributed by atoms with Crippen molar-refractivity contribution in [1.82, 2.24) is 15.4 Å². The molecule has 0 spiro atoms. The highest BCUT2D eigenvalue weighted by molar-refractivity contribution is 5.20. The van der Waals surface area contributed by atoms with Gasteiger partial charge in [0.05, 0.1) is 5.69 Å². The number of rotatable bonds is 3. The molecule has 0 amide bonds. The van der Waals surface area contributed by atoms with Crippen molar-refractivity contribution in [2.45, 2.75) is 52.1 Å². The van der Waals surface area contributed by atoms with E-state index in [-0.39, 0.29) is 0 Å². The van der Waals surface area contributed by atoms with Crippen LogP contribution in [0.25, 0.3) is 0 Å². The molecule has 1 aliphatic carbocycles. The summed E-state index contributed by atoms with van der Waals surface area (Å²) in [6.45, 7) is 10.9. The Labute approximate surface area is 115 Å². The van der Waals surface area contributed by atoms with Crippen LogP contribution in [-0.2, 0) is 6.54 Å². The van der Waals surface area contributed by atoms with Crippen molar-refractivity contribution in [3.63, 3.8) is 0 Å². The fourth-order valence-corrected chi connectivity index (χ4v) is 3.36. The van der Waals surface area contributed by atoms with Gasteiger partial charge in [0, 0.05) is 24.2 Å². The third-order valence-electron chi connectivity index (χ3n) is 4.77. The fraction of sp³-hybridized carbons (Fsp3) is 0.800. The molecular formula is C15H25N3O. The molecule has 1 aromatic rings. The molecule has 1 unspecified atom stereocenters. The first-order valence-electron chi connectivity index (χ1n) is 7.47. The minimum Gasteiger partial charge on any atom is -0.361 e. The van der Waals surface area contributed by atoms with E-state index in [1.54, 1.807) is 0 Å². The predicted octanol–water partition coefficient (Wildman–Crippen LogP) is 2.26. The summed E-state index contributed by atoms with van der Waals surface area (Å²) in [7, 11) is 0. The summed E-state index contributed by atoms with van der Waals surface area (Å²) in [5.74, 6) is 1.85. The summed E-state index contributed by atoms with van der Waals surface area (Å²) in [6.07, 6.45) is 4.01. The minimum atomic E-state index is 0.301. The zero-order chi connectivity index (χ0) is 13.5. The van der Waals surface area contributed by atoms with Crippen LogP contribution < -0.4 is 5.32 Å². The molecule has 0 aromatic carbocycles. The maximum atomic E-state index is 5.29. The second-order valence-electron chi connectivity index (χ2n) is 6.49. The Bertz CT molecular complexity index is 433. The summed E-state index contributed by atoms with van der Waals surface area (Å²) >= 11 is 0. The Morgan fingerprint density at radius 3 is 2.84 bits per heavy atom. The lowest BCUT2D eigenvalue weighted by Gasteiger charge is -2.34. The lowest BCUT2D eigenvalue weighted by atomic mass is 9.95. The summed E-state index contributed by atoms with van der Waals surface area (Å²) in [4.78, 5) is 2.57. The number of nitrogens with one attached hydrogen (secondary N) is 1. The molecule has 2 aliphatic rings. The van der Waals surface area contributed by atoms with E-state index in [4.69, 9.17) is 4.52 Å². The first-order valence-corrected chi connectivity index (χ1v) is 7.47. The van der Waals surface area contributed by atoms with Crippen molar-refractivity contribution in [3.05, 3.63) is 17.0 Å². The van der Waals surface area contributed by atoms with Crippen LogP contribution in [0.2, 0.25) is 0 Å². The SMILES string of the molecule is Cc1noc(C)c1CN1CCCNC(C)(C2CC2)C1. The van der Waals surface area contributed by atoms with Gasteiger partial charge in [-0.25, -0.2) is 0 Å². The van der Waals surface area contributed by atoms with Crippen molar-refractivity contribution in [3.8, 4) is 0 Å². The summed E-state index contributed by atoms with van der Waals surface area (Å²) < 4.78 is 5.29. The van der Waals surface area contributed by atoms with Crippen LogP contribution in [-0.4, -0.2) is 35.2 Å². The standard InChI is InChI=1S/C15H25N3O/c1-11-14(12(2)19-17-11)9-18-8-4-7-16-15(3,10-18)13-5-6-13/h13,16H,4-10H2,1-3H3. The monoisotopic (exact) mass is 263 g/mol. The van der Waals surface area contributed by atoms with E-state index in [9.17, 15) is 0 Å². The van der Waals surface area contributed by atoms with Gasteiger partial charge in [-0.05, 0) is 59.0 Å². The normalized spacial score (nSPS) is 29.4. The molecule has 1 saturated heterocycles. The first kappa shape index (κ1) is 13.1. The van der Waals surface area contributed by atoms with Gasteiger partial charge in [-0.3, -0.25) is 4.90 Å². The zero-order valence-corrected chi connectivity index (χ0v) is 12.3. The number of aromatic nitrogens is 1. The molecule has 2 heterocycles. The maximum absolute atomic E-state index is 5.29. The van der Waals surface area contributed by atoms with E-state index in [1.807, 2.05) is 13.8 Å². The number of hydrogen-bond acceptors (Lipinski definition) is 4. The van der Waals surface area contributed by atoms with Crippen LogP contribution in [0.1, 0.15) is 43.2 Å². The van der Waals surface area contributed by atoms with Crippen molar-refractivity contribution in [1.29, 1.82) is 0 Å². The molecule has 4 heteroatoms. The Morgan fingerprint density at radius 1 is 1.42 bits per heavy atom. The molecule has 19 heavy (non-hydrogen) atoms. The topological polar surface area (TPSA) is 41.3 Å². The van der Waals surface area contributed by atoms with Gasteiger partial charge in [0.25, 0.3) is 0 Å². The molecule has 1 saturated carbocycles. The summed E-state index contributed by atoms with van der Waals surface area (Å²) in [5, 5.41) is 7.85. The van der Waals surface area contributed by atoms with E-state index in [1.165, 1.54) is 31.4 Å². The molecule has 2 fully saturated rings. The van der Waals surface area contributed by atoms with Crippen LogP contribution in [0.4, 0.5) is 0 Å². The van der Waals surface area contributed by atoms with E-state index >= 15 is 0 Å². The average molecular weight is 263 g/mol. The lowest BCUT2D eigenvalue weighted by molar-refractivity contribution is 0.194. The van der Waals surface area contributed by atoms with Crippen LogP contribution in [0, 0.1) is 19.8 Å². The van der Waals surface area contributed by atoms with Crippen molar-refractivity contribution in [2.75, 3.05) is 19.6 Å². The highest BCUT2D eigenvalue weighted by Gasteiger charge is 2.42. The molecular weight excluding hydrogens is 238 g/mol. The first-order chi connectivity index (χ1) is 9.08. The molecule has 3 rings (SSSR count). The molecule has 1 aromatic heterocycles. The van der Waals surface area contributed by atoms with E-state index in [2.05, 4.69) is 22.3 Å².